The van der Waals surface area contributed by atoms with Crippen LogP contribution in [0.25, 0.3) is 10.9 Å². The lowest BCUT2D eigenvalue weighted by Gasteiger charge is -2.32. The Morgan fingerprint density at radius 1 is 1.10 bits per heavy atom. The molecule has 1 aromatic heterocycles. The third-order valence-electron chi connectivity index (χ3n) is 5.75. The molecule has 0 radical (unpaired) electrons. The molecule has 0 aliphatic carbocycles. The summed E-state index contributed by atoms with van der Waals surface area (Å²) >= 11 is 5.92. The Balaban J connectivity index is 1.50. The second-order valence-electron chi connectivity index (χ2n) is 7.62. The van der Waals surface area contributed by atoms with Gasteiger partial charge in [0.15, 0.2) is 5.69 Å². The number of carbonyl (C=O) groups excluding carboxylic acids is 2. The second kappa shape index (κ2) is 8.98. The maximum Gasteiger partial charge on any atom is 0.357 e. The molecule has 4 rings (SSSR count). The van der Waals surface area contributed by atoms with Crippen LogP contribution in [0.2, 0.25) is 5.02 Å². The fourth-order valence-corrected chi connectivity index (χ4v) is 4.22. The van der Waals surface area contributed by atoms with Crippen LogP contribution < -0.4 is 4.74 Å². The summed E-state index contributed by atoms with van der Waals surface area (Å²) in [4.78, 5) is 27.1. The molecule has 0 saturated carbocycles. The van der Waals surface area contributed by atoms with Gasteiger partial charge >= 0.3 is 5.97 Å². The molecule has 0 N–H and O–H groups in total. The molecule has 2 aromatic carbocycles. The highest BCUT2D eigenvalue weighted by molar-refractivity contribution is 6.30. The summed E-state index contributed by atoms with van der Waals surface area (Å²) in [5, 5.41) is 5.91. The number of likely N-dealkylation sites (tertiary alicyclic amines) is 1. The molecule has 0 bridgehead atoms. The number of benzene rings is 2. The second-order valence-corrected chi connectivity index (χ2v) is 8.06. The molecule has 0 atom stereocenters. The minimum atomic E-state index is -0.442. The lowest BCUT2D eigenvalue weighted by Crippen LogP contribution is -2.39. The van der Waals surface area contributed by atoms with Crippen LogP contribution in [0.1, 0.15) is 33.7 Å². The normalized spacial score (nSPS) is 14.6. The maximum absolute atomic E-state index is 12.7. The van der Waals surface area contributed by atoms with Crippen molar-refractivity contribution in [1.29, 1.82) is 0 Å². The van der Waals surface area contributed by atoms with Gasteiger partial charge in [-0.2, -0.15) is 5.10 Å². The van der Waals surface area contributed by atoms with Crippen LogP contribution in [-0.2, 0) is 11.3 Å². The highest BCUT2D eigenvalue weighted by Gasteiger charge is 2.27. The maximum atomic E-state index is 12.7. The van der Waals surface area contributed by atoms with E-state index in [4.69, 9.17) is 21.1 Å². The molecule has 2 heterocycles. The van der Waals surface area contributed by atoms with Gasteiger partial charge in [0.1, 0.15) is 5.75 Å². The van der Waals surface area contributed by atoms with Gasteiger partial charge in [0.2, 0.25) is 0 Å². The summed E-state index contributed by atoms with van der Waals surface area (Å²) in [6.45, 7) is 1.89. The average Bonchev–Trinajstić information content (AvgIpc) is 3.17. The SMILES string of the molecule is COC(=O)c1c2c(OC)cccc2nn1CC1CCN(C(=O)c2ccc(Cl)cc2)CC1. The minimum absolute atomic E-state index is 0.0138. The first kappa shape index (κ1) is 21.2. The first-order chi connectivity index (χ1) is 15.0. The number of nitrogens with zero attached hydrogens (tertiary/aromatic N) is 3. The van der Waals surface area contributed by atoms with Crippen LogP contribution in [0.15, 0.2) is 42.5 Å². The Morgan fingerprint density at radius 3 is 2.45 bits per heavy atom. The average molecular weight is 442 g/mol. The molecule has 1 aliphatic heterocycles. The van der Waals surface area contributed by atoms with Crippen LogP contribution in [0.4, 0.5) is 0 Å². The molecule has 8 heteroatoms. The van der Waals surface area contributed by atoms with Gasteiger partial charge in [-0.1, -0.05) is 17.7 Å². The van der Waals surface area contributed by atoms with E-state index in [0.29, 0.717) is 52.6 Å². The van der Waals surface area contributed by atoms with Crippen molar-refractivity contribution < 1.29 is 19.1 Å². The van der Waals surface area contributed by atoms with Gasteiger partial charge in [0, 0.05) is 30.2 Å². The fourth-order valence-electron chi connectivity index (χ4n) is 4.09. The largest absolute Gasteiger partial charge is 0.496 e. The van der Waals surface area contributed by atoms with E-state index < -0.39 is 5.97 Å². The van der Waals surface area contributed by atoms with Gasteiger partial charge < -0.3 is 14.4 Å². The number of ether oxygens (including phenoxy) is 2. The molecule has 162 valence electrons. The molecule has 1 saturated heterocycles. The Labute approximate surface area is 185 Å². The lowest BCUT2D eigenvalue weighted by atomic mass is 9.96. The monoisotopic (exact) mass is 441 g/mol. The van der Waals surface area contributed by atoms with E-state index in [9.17, 15) is 9.59 Å². The standard InChI is InChI=1S/C23H24ClN3O4/c1-30-19-5-3-4-18-20(19)21(23(29)31-2)27(25-18)14-15-10-12-26(13-11-15)22(28)16-6-8-17(24)9-7-16/h3-9,15H,10-14H2,1-2H3. The predicted molar refractivity (Wildman–Crippen MR) is 118 cm³/mol. The number of carbonyl (C=O) groups is 2. The number of halogens is 1. The number of piperidine rings is 1. The van der Waals surface area contributed by atoms with E-state index in [1.54, 1.807) is 36.1 Å². The topological polar surface area (TPSA) is 73.7 Å². The number of methoxy groups -OCH3 is 2. The molecule has 0 unspecified atom stereocenters. The molecular formula is C23H24ClN3O4. The van der Waals surface area contributed by atoms with Crippen molar-refractivity contribution in [2.45, 2.75) is 19.4 Å². The Morgan fingerprint density at radius 2 is 1.81 bits per heavy atom. The summed E-state index contributed by atoms with van der Waals surface area (Å²) < 4.78 is 12.2. The van der Waals surface area contributed by atoms with Crippen LogP contribution in [-0.4, -0.2) is 53.9 Å². The molecule has 0 spiro atoms. The van der Waals surface area contributed by atoms with E-state index >= 15 is 0 Å². The summed E-state index contributed by atoms with van der Waals surface area (Å²) in [6, 6.07) is 12.5. The molecule has 1 amide bonds. The zero-order valence-electron chi connectivity index (χ0n) is 17.5. The highest BCUT2D eigenvalue weighted by atomic mass is 35.5. The fraction of sp³-hybridized carbons (Fsp3) is 0.348. The number of aromatic nitrogens is 2. The Bertz CT molecular complexity index is 1100. The number of esters is 1. The van der Waals surface area contributed by atoms with Crippen molar-refractivity contribution in [3.8, 4) is 5.75 Å². The van der Waals surface area contributed by atoms with Crippen molar-refractivity contribution in [2.75, 3.05) is 27.3 Å². The van der Waals surface area contributed by atoms with E-state index in [-0.39, 0.29) is 11.8 Å². The molecule has 7 nitrogen and oxygen atoms in total. The van der Waals surface area contributed by atoms with Gasteiger partial charge in [-0.15, -0.1) is 0 Å². The highest BCUT2D eigenvalue weighted by Crippen LogP contribution is 2.31. The van der Waals surface area contributed by atoms with Gasteiger partial charge in [-0.25, -0.2) is 4.79 Å². The molecule has 1 fully saturated rings. The molecule has 1 aliphatic rings. The number of fused-ring (bicyclic) bond motifs is 1. The zero-order valence-corrected chi connectivity index (χ0v) is 18.3. The third kappa shape index (κ3) is 4.23. The van der Waals surface area contributed by atoms with Crippen molar-refractivity contribution >= 4 is 34.4 Å². The Kier molecular flexibility index (Phi) is 6.13. The summed E-state index contributed by atoms with van der Waals surface area (Å²) in [6.07, 6.45) is 1.65. The van der Waals surface area contributed by atoms with Crippen molar-refractivity contribution in [3.05, 3.63) is 58.7 Å². The zero-order chi connectivity index (χ0) is 22.0. The number of rotatable bonds is 5. The van der Waals surface area contributed by atoms with E-state index in [0.717, 1.165) is 12.8 Å². The quantitative estimate of drug-likeness (QED) is 0.559. The van der Waals surface area contributed by atoms with Gasteiger partial charge in [-0.05, 0) is 55.2 Å². The first-order valence-electron chi connectivity index (χ1n) is 10.2. The van der Waals surface area contributed by atoms with E-state index in [1.807, 2.05) is 23.1 Å². The number of amides is 1. The van der Waals surface area contributed by atoms with Crippen LogP contribution in [0.5, 0.6) is 5.75 Å². The molecule has 3 aromatic rings. The van der Waals surface area contributed by atoms with Crippen LogP contribution in [0.3, 0.4) is 0 Å². The third-order valence-corrected chi connectivity index (χ3v) is 6.00. The van der Waals surface area contributed by atoms with Crippen molar-refractivity contribution in [3.63, 3.8) is 0 Å². The Hall–Kier alpha value is -3.06. The number of hydrogen-bond donors (Lipinski definition) is 0. The summed E-state index contributed by atoms with van der Waals surface area (Å²) in [5.74, 6) is 0.452. The number of hydrogen-bond acceptors (Lipinski definition) is 5. The summed E-state index contributed by atoms with van der Waals surface area (Å²) in [7, 11) is 2.93. The smallest absolute Gasteiger partial charge is 0.357 e. The van der Waals surface area contributed by atoms with Crippen LogP contribution >= 0.6 is 11.6 Å². The van der Waals surface area contributed by atoms with Gasteiger partial charge in [0.05, 0.1) is 25.1 Å². The van der Waals surface area contributed by atoms with Crippen molar-refractivity contribution in [2.24, 2.45) is 5.92 Å². The summed E-state index contributed by atoms with van der Waals surface area (Å²) in [5.41, 5.74) is 1.73. The van der Waals surface area contributed by atoms with Crippen molar-refractivity contribution in [1.82, 2.24) is 14.7 Å². The van der Waals surface area contributed by atoms with E-state index in [1.165, 1.54) is 7.11 Å². The minimum Gasteiger partial charge on any atom is -0.496 e. The van der Waals surface area contributed by atoms with Gasteiger partial charge in [-0.3, -0.25) is 9.48 Å². The first-order valence-corrected chi connectivity index (χ1v) is 10.6. The molecular weight excluding hydrogens is 418 g/mol. The molecule has 31 heavy (non-hydrogen) atoms. The predicted octanol–water partition coefficient (Wildman–Crippen LogP) is 4.04. The van der Waals surface area contributed by atoms with Gasteiger partial charge in [0.25, 0.3) is 5.91 Å². The lowest BCUT2D eigenvalue weighted by molar-refractivity contribution is 0.0585. The van der Waals surface area contributed by atoms with Crippen LogP contribution in [0, 0.1) is 5.92 Å². The van der Waals surface area contributed by atoms with E-state index in [2.05, 4.69) is 5.10 Å².